The summed E-state index contributed by atoms with van der Waals surface area (Å²) in [7, 11) is 1.89. The topological polar surface area (TPSA) is 29.3 Å². The van der Waals surface area contributed by atoms with Crippen LogP contribution >= 0.6 is 28.1 Å². The zero-order valence-corrected chi connectivity index (χ0v) is 12.6. The molecule has 2 N–H and O–H groups in total. The molecule has 2 rings (SSSR count). The molecule has 0 aliphatic carbocycles. The van der Waals surface area contributed by atoms with Crippen LogP contribution < -0.4 is 10.6 Å². The van der Waals surface area contributed by atoms with Crippen LogP contribution in [0.4, 0.5) is 15.8 Å². The molecule has 0 fully saturated rings. The summed E-state index contributed by atoms with van der Waals surface area (Å²) in [6.07, 6.45) is 0. The van der Waals surface area contributed by atoms with Crippen LogP contribution in [0.25, 0.3) is 0 Å². The number of hydrogen-bond donors (Lipinski definition) is 1. The Morgan fingerprint density at radius 2 is 1.84 bits per heavy atom. The van der Waals surface area contributed by atoms with Crippen LogP contribution in [-0.2, 0) is 0 Å². The van der Waals surface area contributed by atoms with Gasteiger partial charge in [-0.2, -0.15) is 0 Å². The second-order valence-electron chi connectivity index (χ2n) is 4.06. The fourth-order valence-corrected chi connectivity index (χ4v) is 2.32. The van der Waals surface area contributed by atoms with Crippen LogP contribution in [0.5, 0.6) is 0 Å². The summed E-state index contributed by atoms with van der Waals surface area (Å²) < 4.78 is 13.9. The van der Waals surface area contributed by atoms with Gasteiger partial charge in [0.25, 0.3) is 0 Å². The molecule has 19 heavy (non-hydrogen) atoms. The molecule has 0 aliphatic heterocycles. The summed E-state index contributed by atoms with van der Waals surface area (Å²) in [5.41, 5.74) is 8.24. The molecule has 0 radical (unpaired) electrons. The number of anilines is 2. The minimum atomic E-state index is -0.263. The average molecular weight is 339 g/mol. The van der Waals surface area contributed by atoms with Crippen LogP contribution in [0, 0.1) is 5.82 Å². The number of hydrogen-bond acceptors (Lipinski definition) is 2. The van der Waals surface area contributed by atoms with Gasteiger partial charge < -0.3 is 10.6 Å². The van der Waals surface area contributed by atoms with E-state index in [0.717, 1.165) is 21.4 Å². The van der Waals surface area contributed by atoms with Gasteiger partial charge in [0, 0.05) is 22.8 Å². The Morgan fingerprint density at radius 1 is 1.21 bits per heavy atom. The summed E-state index contributed by atoms with van der Waals surface area (Å²) in [6.45, 7) is 0. The molecular formula is C14H12BrFN2S. The van der Waals surface area contributed by atoms with Crippen molar-refractivity contribution in [2.24, 2.45) is 5.73 Å². The molecule has 0 unspecified atom stereocenters. The number of nitrogens with zero attached hydrogens (tertiary/aromatic N) is 1. The van der Waals surface area contributed by atoms with Crippen molar-refractivity contribution in [3.63, 3.8) is 0 Å². The first-order valence-corrected chi connectivity index (χ1v) is 6.78. The van der Waals surface area contributed by atoms with Crippen molar-refractivity contribution in [2.75, 3.05) is 11.9 Å². The Hall–Kier alpha value is -1.46. The highest BCUT2D eigenvalue weighted by molar-refractivity contribution is 9.10. The van der Waals surface area contributed by atoms with Crippen LogP contribution in [0.1, 0.15) is 5.56 Å². The Kier molecular flexibility index (Phi) is 4.17. The van der Waals surface area contributed by atoms with Gasteiger partial charge in [0.15, 0.2) is 0 Å². The maximum atomic E-state index is 13.0. The van der Waals surface area contributed by atoms with Crippen molar-refractivity contribution in [3.8, 4) is 0 Å². The quantitative estimate of drug-likeness (QED) is 0.858. The van der Waals surface area contributed by atoms with Crippen LogP contribution in [-0.4, -0.2) is 12.0 Å². The number of nitrogens with two attached hydrogens (primary N) is 1. The first-order valence-electron chi connectivity index (χ1n) is 5.57. The van der Waals surface area contributed by atoms with E-state index < -0.39 is 0 Å². The number of thiocarbonyl (C=S) groups is 1. The van der Waals surface area contributed by atoms with E-state index in [2.05, 4.69) is 15.9 Å². The maximum Gasteiger partial charge on any atom is 0.123 e. The van der Waals surface area contributed by atoms with Gasteiger partial charge >= 0.3 is 0 Å². The minimum Gasteiger partial charge on any atom is -0.389 e. The number of rotatable bonds is 3. The summed E-state index contributed by atoms with van der Waals surface area (Å²) in [4.78, 5) is 2.25. The summed E-state index contributed by atoms with van der Waals surface area (Å²) in [5.74, 6) is -0.263. The first kappa shape index (κ1) is 14.0. The second-order valence-corrected chi connectivity index (χ2v) is 5.42. The van der Waals surface area contributed by atoms with Crippen LogP contribution in [0.15, 0.2) is 46.9 Å². The maximum absolute atomic E-state index is 13.0. The molecule has 2 nitrogen and oxygen atoms in total. The summed E-state index contributed by atoms with van der Waals surface area (Å²) in [6, 6.07) is 11.9. The highest BCUT2D eigenvalue weighted by Gasteiger charge is 2.12. The molecule has 0 aliphatic rings. The molecule has 0 amide bonds. The Morgan fingerprint density at radius 3 is 2.42 bits per heavy atom. The van der Waals surface area contributed by atoms with Crippen molar-refractivity contribution in [1.29, 1.82) is 0 Å². The number of benzene rings is 2. The van der Waals surface area contributed by atoms with Gasteiger partial charge in [-0.15, -0.1) is 0 Å². The molecule has 0 bridgehead atoms. The molecule has 0 saturated heterocycles. The van der Waals surface area contributed by atoms with Gasteiger partial charge in [0.05, 0.1) is 5.69 Å². The summed E-state index contributed by atoms with van der Waals surface area (Å²) in [5, 5.41) is 0. The molecule has 5 heteroatoms. The lowest BCUT2D eigenvalue weighted by Gasteiger charge is -2.22. The zero-order valence-electron chi connectivity index (χ0n) is 10.2. The van der Waals surface area contributed by atoms with Crippen molar-refractivity contribution in [3.05, 3.63) is 58.3 Å². The van der Waals surface area contributed by atoms with Gasteiger partial charge in [-0.3, -0.25) is 0 Å². The van der Waals surface area contributed by atoms with Crippen molar-refractivity contribution >= 4 is 44.5 Å². The predicted octanol–water partition coefficient (Wildman–Crippen LogP) is 3.99. The van der Waals surface area contributed by atoms with Crippen molar-refractivity contribution < 1.29 is 4.39 Å². The Labute approximate surface area is 125 Å². The fraction of sp³-hybridized carbons (Fsp3) is 0.0714. The van der Waals surface area contributed by atoms with Crippen molar-refractivity contribution in [1.82, 2.24) is 0 Å². The third kappa shape index (κ3) is 3.11. The molecule has 0 saturated carbocycles. The normalized spacial score (nSPS) is 10.3. The SMILES string of the molecule is CN(c1ccc(F)cc1)c1cc(Br)ccc1C(N)=S. The monoisotopic (exact) mass is 338 g/mol. The number of halogens is 2. The molecule has 0 aromatic heterocycles. The fourth-order valence-electron chi connectivity index (χ4n) is 1.79. The molecular weight excluding hydrogens is 327 g/mol. The summed E-state index contributed by atoms with van der Waals surface area (Å²) >= 11 is 8.49. The van der Waals surface area contributed by atoms with E-state index in [4.69, 9.17) is 18.0 Å². The highest BCUT2D eigenvalue weighted by Crippen LogP contribution is 2.30. The van der Waals surface area contributed by atoms with Crippen molar-refractivity contribution in [2.45, 2.75) is 0 Å². The van der Waals surface area contributed by atoms with Gasteiger partial charge in [-0.1, -0.05) is 28.1 Å². The lowest BCUT2D eigenvalue weighted by atomic mass is 10.1. The molecule has 2 aromatic rings. The van der Waals surface area contributed by atoms with Crippen LogP contribution in [0.3, 0.4) is 0 Å². The lowest BCUT2D eigenvalue weighted by molar-refractivity contribution is 0.628. The average Bonchev–Trinajstić information content (AvgIpc) is 2.38. The molecule has 0 heterocycles. The van der Waals surface area contributed by atoms with E-state index in [1.807, 2.05) is 30.1 Å². The van der Waals surface area contributed by atoms with Gasteiger partial charge in [-0.05, 0) is 42.5 Å². The first-order chi connectivity index (χ1) is 8.99. The second kappa shape index (κ2) is 5.67. The van der Waals surface area contributed by atoms with Crippen LogP contribution in [0.2, 0.25) is 0 Å². The molecule has 2 aromatic carbocycles. The van der Waals surface area contributed by atoms with Gasteiger partial charge in [-0.25, -0.2) is 4.39 Å². The Balaban J connectivity index is 2.48. The predicted molar refractivity (Wildman–Crippen MR) is 84.5 cm³/mol. The highest BCUT2D eigenvalue weighted by atomic mass is 79.9. The largest absolute Gasteiger partial charge is 0.389 e. The third-order valence-electron chi connectivity index (χ3n) is 2.80. The van der Waals surface area contributed by atoms with E-state index in [9.17, 15) is 4.39 Å². The standard InChI is InChI=1S/C14H12BrFN2S/c1-18(11-5-3-10(16)4-6-11)13-8-9(15)2-7-12(13)14(17)19/h2-8H,1H3,(H2,17,19). The minimum absolute atomic E-state index is 0.263. The molecule has 98 valence electrons. The van der Waals surface area contributed by atoms with E-state index in [1.54, 1.807) is 12.1 Å². The zero-order chi connectivity index (χ0) is 14.0. The van der Waals surface area contributed by atoms with Gasteiger partial charge in [0.1, 0.15) is 10.8 Å². The van der Waals surface area contributed by atoms with E-state index >= 15 is 0 Å². The van der Waals surface area contributed by atoms with Gasteiger partial charge in [0.2, 0.25) is 0 Å². The lowest BCUT2D eigenvalue weighted by Crippen LogP contribution is -2.17. The van der Waals surface area contributed by atoms with E-state index in [1.165, 1.54) is 12.1 Å². The Bertz CT molecular complexity index is 613. The van der Waals surface area contributed by atoms with E-state index in [-0.39, 0.29) is 5.82 Å². The smallest absolute Gasteiger partial charge is 0.123 e. The molecule has 0 spiro atoms. The van der Waals surface area contributed by atoms with E-state index in [0.29, 0.717) is 4.99 Å². The molecule has 0 atom stereocenters. The third-order valence-corrected chi connectivity index (χ3v) is 3.51.